The molecule has 0 aliphatic heterocycles. The predicted molar refractivity (Wildman–Crippen MR) is 124 cm³/mol. The molecule has 0 saturated heterocycles. The zero-order valence-electron chi connectivity index (χ0n) is 18.1. The molecule has 5 N–H and O–H groups in total. The third-order valence-electron chi connectivity index (χ3n) is 4.68. The van der Waals surface area contributed by atoms with Gasteiger partial charge in [-0.25, -0.2) is 0 Å². The van der Waals surface area contributed by atoms with Crippen LogP contribution >= 0.6 is 0 Å². The van der Waals surface area contributed by atoms with Gasteiger partial charge in [-0.1, -0.05) is 0 Å². The van der Waals surface area contributed by atoms with Crippen LogP contribution in [0.25, 0.3) is 10.8 Å². The maximum Gasteiger partial charge on any atom is 0.295 e. The van der Waals surface area contributed by atoms with Gasteiger partial charge in [0.1, 0.15) is 15.5 Å². The number of fused-ring (bicyclic) bond motifs is 1. The Morgan fingerprint density at radius 3 is 2.09 bits per heavy atom. The first-order valence-electron chi connectivity index (χ1n) is 9.41. The summed E-state index contributed by atoms with van der Waals surface area (Å²) in [6.07, 6.45) is 0. The number of ether oxygens (including phenoxy) is 1. The molecule has 3 rings (SSSR count). The summed E-state index contributed by atoms with van der Waals surface area (Å²) in [6, 6.07) is 7.32. The summed E-state index contributed by atoms with van der Waals surface area (Å²) < 4.78 is 72.9. The minimum absolute atomic E-state index is 0.114. The normalized spacial score (nSPS) is 12.3. The zero-order valence-corrected chi connectivity index (χ0v) is 19.7. The van der Waals surface area contributed by atoms with Crippen molar-refractivity contribution in [2.24, 2.45) is 10.2 Å². The lowest BCUT2D eigenvalue weighted by Gasteiger charge is -2.12. The van der Waals surface area contributed by atoms with Crippen LogP contribution in [0.1, 0.15) is 12.5 Å². The standard InChI is InChI=1S/C20H20N4O8S2/c1-10-4-16(21)18(32-3)9-17(10)24-23-13-6-15-14(20(8-13)34(29,30)31)5-12(22-11(2)25)7-19(15)33(26,27)28/h4-9H,21H2,1-3H3,(H,22,25)(H,26,27,28)(H,29,30,31). The van der Waals surface area contributed by atoms with E-state index in [2.05, 4.69) is 15.5 Å². The Balaban J connectivity index is 2.32. The number of carbonyl (C=O) groups is 1. The molecule has 0 unspecified atom stereocenters. The number of methoxy groups -OCH3 is 1. The molecule has 12 nitrogen and oxygen atoms in total. The number of anilines is 2. The molecule has 0 aliphatic carbocycles. The molecule has 14 heteroatoms. The van der Waals surface area contributed by atoms with E-state index in [1.807, 2.05) is 0 Å². The highest BCUT2D eigenvalue weighted by atomic mass is 32.2. The third-order valence-corrected chi connectivity index (χ3v) is 6.46. The van der Waals surface area contributed by atoms with Crippen LogP contribution in [-0.4, -0.2) is 39.0 Å². The van der Waals surface area contributed by atoms with E-state index in [-0.39, 0.29) is 22.1 Å². The van der Waals surface area contributed by atoms with Crippen LogP contribution in [0, 0.1) is 6.92 Å². The highest BCUT2D eigenvalue weighted by Crippen LogP contribution is 2.37. The zero-order chi connectivity index (χ0) is 25.4. The van der Waals surface area contributed by atoms with Crippen LogP contribution < -0.4 is 15.8 Å². The van der Waals surface area contributed by atoms with Crippen molar-refractivity contribution in [2.45, 2.75) is 23.6 Å². The number of nitrogen functional groups attached to an aromatic ring is 1. The van der Waals surface area contributed by atoms with Crippen molar-refractivity contribution in [1.29, 1.82) is 0 Å². The summed E-state index contributed by atoms with van der Waals surface area (Å²) >= 11 is 0. The van der Waals surface area contributed by atoms with E-state index in [4.69, 9.17) is 10.5 Å². The van der Waals surface area contributed by atoms with E-state index in [1.165, 1.54) is 13.2 Å². The van der Waals surface area contributed by atoms with Crippen molar-refractivity contribution in [1.82, 2.24) is 0 Å². The maximum absolute atomic E-state index is 12.1. The third kappa shape index (κ3) is 5.31. The van der Waals surface area contributed by atoms with Gasteiger partial charge in [0.15, 0.2) is 0 Å². The Bertz CT molecular complexity index is 1570. The lowest BCUT2D eigenvalue weighted by Crippen LogP contribution is -2.09. The first kappa shape index (κ1) is 25.0. The van der Waals surface area contributed by atoms with E-state index in [9.17, 15) is 30.7 Å². The minimum atomic E-state index is -4.89. The fraction of sp³-hybridized carbons (Fsp3) is 0.150. The van der Waals surface area contributed by atoms with Gasteiger partial charge in [-0.05, 0) is 42.8 Å². The summed E-state index contributed by atoms with van der Waals surface area (Å²) in [7, 11) is -8.37. The number of nitrogens with zero attached hydrogens (tertiary/aromatic N) is 2. The molecule has 34 heavy (non-hydrogen) atoms. The highest BCUT2D eigenvalue weighted by molar-refractivity contribution is 7.86. The van der Waals surface area contributed by atoms with Gasteiger partial charge in [0.05, 0.1) is 24.2 Å². The van der Waals surface area contributed by atoms with Crippen molar-refractivity contribution in [3.63, 3.8) is 0 Å². The van der Waals surface area contributed by atoms with Gasteiger partial charge >= 0.3 is 0 Å². The Hall–Kier alpha value is -3.59. The lowest BCUT2D eigenvalue weighted by molar-refractivity contribution is -0.114. The first-order valence-corrected chi connectivity index (χ1v) is 12.3. The molecular weight excluding hydrogens is 488 g/mol. The van der Waals surface area contributed by atoms with Gasteiger partial charge in [0.25, 0.3) is 20.2 Å². The summed E-state index contributed by atoms with van der Waals surface area (Å²) in [4.78, 5) is 10.0. The van der Waals surface area contributed by atoms with Gasteiger partial charge in [-0.3, -0.25) is 13.9 Å². The fourth-order valence-corrected chi connectivity index (χ4v) is 4.68. The van der Waals surface area contributed by atoms with Crippen molar-refractivity contribution < 1.29 is 35.5 Å². The molecular formula is C20H20N4O8S2. The van der Waals surface area contributed by atoms with Crippen LogP contribution in [0.15, 0.2) is 56.4 Å². The van der Waals surface area contributed by atoms with Crippen LogP contribution in [0.2, 0.25) is 0 Å². The lowest BCUT2D eigenvalue weighted by atomic mass is 10.1. The van der Waals surface area contributed by atoms with Crippen molar-refractivity contribution in [2.75, 3.05) is 18.2 Å². The average Bonchev–Trinajstić information content (AvgIpc) is 2.70. The predicted octanol–water partition coefficient (Wildman–Crippen LogP) is 3.61. The molecule has 0 saturated carbocycles. The smallest absolute Gasteiger partial charge is 0.295 e. The highest BCUT2D eigenvalue weighted by Gasteiger charge is 2.23. The molecule has 0 bridgehead atoms. The molecule has 0 spiro atoms. The Morgan fingerprint density at radius 2 is 1.53 bits per heavy atom. The van der Waals surface area contributed by atoms with Crippen LogP contribution in [0.4, 0.5) is 22.7 Å². The van der Waals surface area contributed by atoms with E-state index in [1.54, 1.807) is 13.0 Å². The van der Waals surface area contributed by atoms with Crippen LogP contribution in [-0.2, 0) is 25.0 Å². The molecule has 0 heterocycles. The molecule has 0 aliphatic rings. The quantitative estimate of drug-likeness (QED) is 0.218. The fourth-order valence-electron chi connectivity index (χ4n) is 3.24. The van der Waals surface area contributed by atoms with E-state index >= 15 is 0 Å². The Kier molecular flexibility index (Phi) is 6.61. The number of amides is 1. The molecule has 3 aromatic carbocycles. The van der Waals surface area contributed by atoms with Crippen molar-refractivity contribution >= 4 is 59.7 Å². The summed E-state index contributed by atoms with van der Waals surface area (Å²) in [5, 5.41) is 9.79. The Labute approximate surface area is 194 Å². The number of benzene rings is 3. The van der Waals surface area contributed by atoms with Gasteiger partial charge in [-0.2, -0.15) is 27.1 Å². The van der Waals surface area contributed by atoms with E-state index in [0.29, 0.717) is 22.7 Å². The van der Waals surface area contributed by atoms with Gasteiger partial charge in [0.2, 0.25) is 5.91 Å². The second kappa shape index (κ2) is 8.98. The van der Waals surface area contributed by atoms with Gasteiger partial charge in [0, 0.05) is 29.4 Å². The SMILES string of the molecule is COc1cc(N=Nc2cc(S(=O)(=O)O)c3cc(NC(C)=O)cc(S(=O)(=O)O)c3c2)c(C)cc1N. The number of hydrogen-bond acceptors (Lipinski definition) is 9. The number of nitrogens with two attached hydrogens (primary N) is 1. The second-order valence-electron chi connectivity index (χ2n) is 7.23. The monoisotopic (exact) mass is 508 g/mol. The molecule has 0 aromatic heterocycles. The number of azo groups is 1. The minimum Gasteiger partial charge on any atom is -0.495 e. The molecule has 0 radical (unpaired) electrons. The molecule has 3 aromatic rings. The maximum atomic E-state index is 12.1. The number of carbonyl (C=O) groups excluding carboxylic acids is 1. The van der Waals surface area contributed by atoms with E-state index < -0.39 is 35.9 Å². The first-order chi connectivity index (χ1) is 15.7. The van der Waals surface area contributed by atoms with Gasteiger partial charge in [-0.15, -0.1) is 0 Å². The number of hydrogen-bond donors (Lipinski definition) is 4. The van der Waals surface area contributed by atoms with Crippen LogP contribution in [0.5, 0.6) is 5.75 Å². The second-order valence-corrected chi connectivity index (χ2v) is 10.0. The van der Waals surface area contributed by atoms with Crippen molar-refractivity contribution in [3.05, 3.63) is 42.0 Å². The van der Waals surface area contributed by atoms with Gasteiger partial charge < -0.3 is 15.8 Å². The molecule has 180 valence electrons. The number of aryl methyl sites for hydroxylation is 1. The number of rotatable bonds is 6. The van der Waals surface area contributed by atoms with Crippen LogP contribution in [0.3, 0.4) is 0 Å². The number of nitrogens with one attached hydrogen (secondary N) is 1. The summed E-state index contributed by atoms with van der Waals surface area (Å²) in [6.45, 7) is 2.85. The largest absolute Gasteiger partial charge is 0.495 e. The summed E-state index contributed by atoms with van der Waals surface area (Å²) in [5.74, 6) is -0.246. The molecule has 1 amide bonds. The average molecular weight is 509 g/mol. The topological polar surface area (TPSA) is 198 Å². The van der Waals surface area contributed by atoms with Crippen molar-refractivity contribution in [3.8, 4) is 5.75 Å². The summed E-state index contributed by atoms with van der Waals surface area (Å²) in [5.41, 5.74) is 6.90. The molecule has 0 fully saturated rings. The Morgan fingerprint density at radius 1 is 0.941 bits per heavy atom. The van der Waals surface area contributed by atoms with E-state index in [0.717, 1.165) is 31.2 Å². The molecule has 0 atom stereocenters.